The van der Waals surface area contributed by atoms with Crippen LogP contribution in [-0.2, 0) is 18.4 Å². The Morgan fingerprint density at radius 2 is 1.97 bits per heavy atom. The molecule has 0 saturated carbocycles. The molecule has 6 rings (SSSR count). The van der Waals surface area contributed by atoms with E-state index in [1.165, 1.54) is 6.08 Å². The molecule has 3 aromatic heterocycles. The molecule has 0 spiro atoms. The molecule has 1 aliphatic rings. The number of benzene rings is 2. The van der Waals surface area contributed by atoms with Gasteiger partial charge in [-0.25, -0.2) is 15.0 Å². The Kier molecular flexibility index (Phi) is 5.81. The van der Waals surface area contributed by atoms with Gasteiger partial charge in [0, 0.05) is 30.9 Å². The summed E-state index contributed by atoms with van der Waals surface area (Å²) in [6.07, 6.45) is 2.82. The highest BCUT2D eigenvalue weighted by molar-refractivity contribution is 6.31. The summed E-state index contributed by atoms with van der Waals surface area (Å²) in [6.45, 7) is 5.92. The van der Waals surface area contributed by atoms with Crippen LogP contribution in [0.25, 0.3) is 33.4 Å². The zero-order valence-corrected chi connectivity index (χ0v) is 21.5. The second-order valence-electron chi connectivity index (χ2n) is 8.97. The van der Waals surface area contributed by atoms with E-state index in [1.54, 1.807) is 18.5 Å². The Morgan fingerprint density at radius 3 is 2.74 bits per heavy atom. The molecule has 1 aliphatic heterocycles. The van der Waals surface area contributed by atoms with E-state index in [9.17, 15) is 4.79 Å². The van der Waals surface area contributed by atoms with E-state index >= 15 is 0 Å². The Labute approximate surface area is 224 Å². The highest BCUT2D eigenvalue weighted by Crippen LogP contribution is 2.46. The van der Waals surface area contributed by atoms with Gasteiger partial charge >= 0.3 is 0 Å². The number of nitrogens with zero attached hydrogens (tertiary/aromatic N) is 4. The van der Waals surface area contributed by atoms with Crippen LogP contribution in [0.3, 0.4) is 0 Å². The molecular formula is C29H23ClN6O2. The summed E-state index contributed by atoms with van der Waals surface area (Å²) in [5, 5.41) is 7.82. The maximum Gasteiger partial charge on any atom is 0.247 e. The SMILES string of the molecule is C=CC(=O)Nc1ccc(-c2c3c4c(ncnc4n2C)NCc2cc(Oc4ccc(Cl)c(C)n4)ccc2-3)cc1. The van der Waals surface area contributed by atoms with Crippen LogP contribution in [0.15, 0.2) is 73.6 Å². The van der Waals surface area contributed by atoms with Crippen LogP contribution >= 0.6 is 11.6 Å². The predicted molar refractivity (Wildman–Crippen MR) is 150 cm³/mol. The minimum absolute atomic E-state index is 0.254. The number of hydrogen-bond acceptors (Lipinski definition) is 6. The Morgan fingerprint density at radius 1 is 1.16 bits per heavy atom. The minimum Gasteiger partial charge on any atom is -0.439 e. The summed E-state index contributed by atoms with van der Waals surface area (Å²) in [6, 6.07) is 17.3. The van der Waals surface area contributed by atoms with Gasteiger partial charge in [-0.15, -0.1) is 0 Å². The molecule has 5 aromatic rings. The summed E-state index contributed by atoms with van der Waals surface area (Å²) in [5.41, 5.74) is 7.35. The summed E-state index contributed by atoms with van der Waals surface area (Å²) in [4.78, 5) is 25.3. The summed E-state index contributed by atoms with van der Waals surface area (Å²) in [7, 11) is 2.00. The van der Waals surface area contributed by atoms with Crippen molar-refractivity contribution >= 4 is 40.0 Å². The topological polar surface area (TPSA) is 94.0 Å². The quantitative estimate of drug-likeness (QED) is 0.256. The number of ether oxygens (including phenoxy) is 1. The largest absolute Gasteiger partial charge is 0.439 e. The second-order valence-corrected chi connectivity index (χ2v) is 9.37. The third-order valence-corrected chi connectivity index (χ3v) is 6.99. The number of carbonyl (C=O) groups excluding carboxylic acids is 1. The molecule has 0 aliphatic carbocycles. The Bertz CT molecular complexity index is 1740. The number of fused-ring (bicyclic) bond motifs is 2. The number of rotatable bonds is 5. The van der Waals surface area contributed by atoms with Crippen molar-refractivity contribution in [2.24, 2.45) is 7.05 Å². The Hall–Kier alpha value is -4.69. The molecule has 2 aromatic carbocycles. The molecule has 188 valence electrons. The van der Waals surface area contributed by atoms with Crippen LogP contribution in [0.1, 0.15) is 11.3 Å². The number of anilines is 2. The molecule has 8 nitrogen and oxygen atoms in total. The zero-order valence-electron chi connectivity index (χ0n) is 20.7. The third kappa shape index (κ3) is 4.05. The predicted octanol–water partition coefficient (Wildman–Crippen LogP) is 6.50. The molecule has 2 N–H and O–H groups in total. The molecule has 1 amide bonds. The zero-order chi connectivity index (χ0) is 26.4. The van der Waals surface area contributed by atoms with E-state index in [0.717, 1.165) is 44.8 Å². The highest BCUT2D eigenvalue weighted by Gasteiger charge is 2.26. The number of pyridine rings is 1. The van der Waals surface area contributed by atoms with Gasteiger partial charge in [0.05, 0.1) is 21.8 Å². The highest BCUT2D eigenvalue weighted by atomic mass is 35.5. The van der Waals surface area contributed by atoms with Crippen molar-refractivity contribution in [1.29, 1.82) is 0 Å². The van der Waals surface area contributed by atoms with Crippen molar-refractivity contribution in [2.45, 2.75) is 13.5 Å². The van der Waals surface area contributed by atoms with Crippen molar-refractivity contribution < 1.29 is 9.53 Å². The van der Waals surface area contributed by atoms with Gasteiger partial charge in [-0.05, 0) is 60.0 Å². The lowest BCUT2D eigenvalue weighted by Crippen LogP contribution is -2.07. The van der Waals surface area contributed by atoms with E-state index in [2.05, 4.69) is 42.8 Å². The number of halogens is 1. The third-order valence-electron chi connectivity index (χ3n) is 6.59. The normalized spacial score (nSPS) is 11.9. The average Bonchev–Trinajstić information content (AvgIpc) is 3.12. The number of hydrogen-bond donors (Lipinski definition) is 2. The van der Waals surface area contributed by atoms with Crippen LogP contribution in [0.2, 0.25) is 5.02 Å². The molecule has 38 heavy (non-hydrogen) atoms. The average molecular weight is 523 g/mol. The lowest BCUT2D eigenvalue weighted by atomic mass is 9.95. The number of aryl methyl sites for hydroxylation is 2. The smallest absolute Gasteiger partial charge is 0.247 e. The molecule has 0 radical (unpaired) electrons. The number of aromatic nitrogens is 4. The molecule has 0 atom stereocenters. The summed E-state index contributed by atoms with van der Waals surface area (Å²) < 4.78 is 8.15. The van der Waals surface area contributed by atoms with E-state index < -0.39 is 0 Å². The van der Waals surface area contributed by atoms with Crippen LogP contribution in [0.4, 0.5) is 11.5 Å². The van der Waals surface area contributed by atoms with Crippen LogP contribution in [0, 0.1) is 6.92 Å². The molecule has 0 fully saturated rings. The monoisotopic (exact) mass is 522 g/mol. The summed E-state index contributed by atoms with van der Waals surface area (Å²) in [5.74, 6) is 1.67. The van der Waals surface area contributed by atoms with Gasteiger partial charge in [0.1, 0.15) is 23.5 Å². The van der Waals surface area contributed by atoms with Crippen LogP contribution in [0.5, 0.6) is 11.6 Å². The van der Waals surface area contributed by atoms with Crippen molar-refractivity contribution in [2.75, 3.05) is 10.6 Å². The van der Waals surface area contributed by atoms with Crippen LogP contribution < -0.4 is 15.4 Å². The maximum atomic E-state index is 11.7. The van der Waals surface area contributed by atoms with Crippen LogP contribution in [-0.4, -0.2) is 25.4 Å². The van der Waals surface area contributed by atoms with Gasteiger partial charge in [0.15, 0.2) is 0 Å². The van der Waals surface area contributed by atoms with Gasteiger partial charge in [-0.3, -0.25) is 4.79 Å². The standard InChI is InChI=1S/C29H23ClN6O2/c1-4-23(37)35-19-7-5-17(6-8-19)27-25-21-10-9-20(38-24-12-11-22(30)16(2)34-24)13-18(21)14-31-28-26(25)29(36(27)3)33-15-32-28/h4-13,15H,1,14H2,2-3H3,(H,35,37)(H,31,32,33). The van der Waals surface area contributed by atoms with E-state index in [1.807, 2.05) is 50.4 Å². The number of amides is 1. The number of carbonyl (C=O) groups is 1. The Balaban J connectivity index is 1.47. The van der Waals surface area contributed by atoms with Gasteiger partial charge < -0.3 is 19.9 Å². The first kappa shape index (κ1) is 23.7. The maximum absolute atomic E-state index is 11.7. The molecule has 4 heterocycles. The van der Waals surface area contributed by atoms with Gasteiger partial charge in [-0.2, -0.15) is 0 Å². The van der Waals surface area contributed by atoms with Gasteiger partial charge in [0.2, 0.25) is 11.8 Å². The van der Waals surface area contributed by atoms with Crippen molar-refractivity contribution in [1.82, 2.24) is 19.5 Å². The first-order chi connectivity index (χ1) is 18.4. The van der Waals surface area contributed by atoms with Crippen molar-refractivity contribution in [3.8, 4) is 34.0 Å². The summed E-state index contributed by atoms with van der Waals surface area (Å²) >= 11 is 6.12. The number of nitrogens with one attached hydrogen (secondary N) is 2. The minimum atomic E-state index is -0.254. The van der Waals surface area contributed by atoms with E-state index in [0.29, 0.717) is 34.6 Å². The fourth-order valence-corrected chi connectivity index (χ4v) is 4.90. The molecule has 0 bridgehead atoms. The van der Waals surface area contributed by atoms with E-state index in [-0.39, 0.29) is 5.91 Å². The van der Waals surface area contributed by atoms with Gasteiger partial charge in [-0.1, -0.05) is 36.4 Å². The first-order valence-electron chi connectivity index (χ1n) is 12.0. The van der Waals surface area contributed by atoms with Gasteiger partial charge in [0.25, 0.3) is 0 Å². The fourth-order valence-electron chi connectivity index (χ4n) is 4.79. The lowest BCUT2D eigenvalue weighted by molar-refractivity contribution is -0.111. The lowest BCUT2D eigenvalue weighted by Gasteiger charge is -2.14. The second kappa shape index (κ2) is 9.32. The van der Waals surface area contributed by atoms with Crippen molar-refractivity contribution in [3.63, 3.8) is 0 Å². The van der Waals surface area contributed by atoms with Crippen molar-refractivity contribution in [3.05, 3.63) is 89.9 Å². The molecule has 9 heteroatoms. The molecule has 0 saturated heterocycles. The fraction of sp³-hybridized carbons (Fsp3) is 0.103. The molecular weight excluding hydrogens is 500 g/mol. The van der Waals surface area contributed by atoms with E-state index in [4.69, 9.17) is 16.3 Å². The molecule has 0 unspecified atom stereocenters. The first-order valence-corrected chi connectivity index (χ1v) is 12.4.